The van der Waals surface area contributed by atoms with Crippen LogP contribution in [0.3, 0.4) is 0 Å². The quantitative estimate of drug-likeness (QED) is 0.844. The average molecular weight is 267 g/mol. The molecule has 1 aliphatic rings. The Hall–Kier alpha value is -1.56. The molecule has 0 aliphatic carbocycles. The van der Waals surface area contributed by atoms with Crippen LogP contribution in [0.4, 0.5) is 5.69 Å². The molecular weight excluding hydrogens is 246 g/mol. The molecule has 1 aromatic heterocycles. The third-order valence-corrected chi connectivity index (χ3v) is 3.05. The molecule has 6 nitrogen and oxygen atoms in total. The van der Waals surface area contributed by atoms with Crippen LogP contribution in [0.15, 0.2) is 6.33 Å². The summed E-state index contributed by atoms with van der Waals surface area (Å²) in [5.41, 5.74) is 6.32. The number of nitrogens with two attached hydrogens (primary N) is 1. The molecule has 1 fully saturated rings. The number of hydrogen-bond acceptors (Lipinski definition) is 6. The predicted molar refractivity (Wildman–Crippen MR) is 71.3 cm³/mol. The fourth-order valence-corrected chi connectivity index (χ4v) is 1.90. The number of rotatable bonds is 6. The van der Waals surface area contributed by atoms with Gasteiger partial charge in [0.05, 0.1) is 13.2 Å². The van der Waals surface area contributed by atoms with Crippen molar-refractivity contribution in [1.82, 2.24) is 9.97 Å². The van der Waals surface area contributed by atoms with Gasteiger partial charge in [0.2, 0.25) is 11.8 Å². The third kappa shape index (κ3) is 3.96. The van der Waals surface area contributed by atoms with Crippen LogP contribution in [0, 0.1) is 5.92 Å². The highest BCUT2D eigenvalue weighted by Gasteiger charge is 2.16. The van der Waals surface area contributed by atoms with Crippen LogP contribution in [0.1, 0.15) is 26.2 Å². The van der Waals surface area contributed by atoms with Crippen LogP contribution in [-0.2, 0) is 4.74 Å². The van der Waals surface area contributed by atoms with Gasteiger partial charge in [0.25, 0.3) is 0 Å². The van der Waals surface area contributed by atoms with Crippen molar-refractivity contribution in [3.63, 3.8) is 0 Å². The van der Waals surface area contributed by atoms with Crippen LogP contribution < -0.4 is 15.2 Å². The first-order chi connectivity index (χ1) is 9.31. The number of hydrogen-bond donors (Lipinski definition) is 1. The van der Waals surface area contributed by atoms with Gasteiger partial charge in [0, 0.05) is 13.2 Å². The Morgan fingerprint density at radius 3 is 2.63 bits per heavy atom. The maximum Gasteiger partial charge on any atom is 0.244 e. The molecule has 0 saturated carbocycles. The van der Waals surface area contributed by atoms with Gasteiger partial charge in [-0.25, -0.2) is 0 Å². The molecule has 1 aliphatic heterocycles. The number of nitrogen functional groups attached to an aromatic ring is 1. The monoisotopic (exact) mass is 267 g/mol. The van der Waals surface area contributed by atoms with E-state index in [0.717, 1.165) is 32.5 Å². The van der Waals surface area contributed by atoms with E-state index in [4.69, 9.17) is 19.9 Å². The first kappa shape index (κ1) is 13.9. The largest absolute Gasteiger partial charge is 0.476 e. The van der Waals surface area contributed by atoms with E-state index in [0.29, 0.717) is 36.6 Å². The van der Waals surface area contributed by atoms with Crippen molar-refractivity contribution in [3.8, 4) is 11.8 Å². The zero-order valence-electron chi connectivity index (χ0n) is 11.3. The minimum atomic E-state index is 0.378. The Kier molecular flexibility index (Phi) is 5.20. The van der Waals surface area contributed by atoms with Crippen molar-refractivity contribution in [3.05, 3.63) is 6.33 Å². The molecule has 6 heteroatoms. The standard InChI is InChI=1S/C13H21N3O3/c1-2-5-18-12-11(14)13(16-9-15-12)19-8-10-3-6-17-7-4-10/h9-10H,2-8,14H2,1H3. The minimum Gasteiger partial charge on any atom is -0.476 e. The lowest BCUT2D eigenvalue weighted by Gasteiger charge is -2.22. The van der Waals surface area contributed by atoms with E-state index in [9.17, 15) is 0 Å². The van der Waals surface area contributed by atoms with E-state index in [1.165, 1.54) is 6.33 Å². The molecule has 0 spiro atoms. The van der Waals surface area contributed by atoms with Gasteiger partial charge in [-0.1, -0.05) is 6.92 Å². The summed E-state index contributed by atoms with van der Waals surface area (Å²) >= 11 is 0. The van der Waals surface area contributed by atoms with Gasteiger partial charge in [0.15, 0.2) is 5.69 Å². The summed E-state index contributed by atoms with van der Waals surface area (Å²) in [5, 5.41) is 0. The fourth-order valence-electron chi connectivity index (χ4n) is 1.90. The van der Waals surface area contributed by atoms with Gasteiger partial charge in [-0.3, -0.25) is 0 Å². The predicted octanol–water partition coefficient (Wildman–Crippen LogP) is 1.65. The van der Waals surface area contributed by atoms with Crippen LogP contribution in [0.2, 0.25) is 0 Å². The Labute approximate surface area is 113 Å². The first-order valence-electron chi connectivity index (χ1n) is 6.75. The topological polar surface area (TPSA) is 79.5 Å². The Balaban J connectivity index is 1.91. The van der Waals surface area contributed by atoms with Crippen molar-refractivity contribution in [2.24, 2.45) is 5.92 Å². The molecule has 0 amide bonds. The lowest BCUT2D eigenvalue weighted by Crippen LogP contribution is -2.22. The Morgan fingerprint density at radius 2 is 1.95 bits per heavy atom. The summed E-state index contributed by atoms with van der Waals surface area (Å²) in [5.74, 6) is 1.31. The Bertz CT molecular complexity index is 395. The second kappa shape index (κ2) is 7.13. The summed E-state index contributed by atoms with van der Waals surface area (Å²) < 4.78 is 16.4. The van der Waals surface area contributed by atoms with Gasteiger partial charge in [0.1, 0.15) is 6.33 Å². The highest BCUT2D eigenvalue weighted by Crippen LogP contribution is 2.27. The van der Waals surface area contributed by atoms with Crippen LogP contribution in [0.5, 0.6) is 11.8 Å². The Morgan fingerprint density at radius 1 is 1.26 bits per heavy atom. The number of anilines is 1. The van der Waals surface area contributed by atoms with Gasteiger partial charge >= 0.3 is 0 Å². The second-order valence-electron chi connectivity index (χ2n) is 4.61. The number of ether oxygens (including phenoxy) is 3. The summed E-state index contributed by atoms with van der Waals surface area (Å²) in [6.45, 7) is 4.83. The third-order valence-electron chi connectivity index (χ3n) is 3.05. The van der Waals surface area contributed by atoms with Gasteiger partial charge in [-0.2, -0.15) is 9.97 Å². The lowest BCUT2D eigenvalue weighted by molar-refractivity contribution is 0.0491. The molecule has 106 valence electrons. The molecule has 19 heavy (non-hydrogen) atoms. The molecule has 0 radical (unpaired) electrons. The molecule has 1 saturated heterocycles. The smallest absolute Gasteiger partial charge is 0.244 e. The molecule has 2 rings (SSSR count). The summed E-state index contributed by atoms with van der Waals surface area (Å²) in [6, 6.07) is 0. The molecule has 0 bridgehead atoms. The highest BCUT2D eigenvalue weighted by molar-refractivity contribution is 5.55. The van der Waals surface area contributed by atoms with E-state index in [-0.39, 0.29) is 0 Å². The maximum atomic E-state index is 5.94. The van der Waals surface area contributed by atoms with E-state index in [1.54, 1.807) is 0 Å². The lowest BCUT2D eigenvalue weighted by atomic mass is 10.0. The molecule has 0 unspecified atom stereocenters. The van der Waals surface area contributed by atoms with Crippen molar-refractivity contribution < 1.29 is 14.2 Å². The van der Waals surface area contributed by atoms with Crippen LogP contribution in [-0.4, -0.2) is 36.4 Å². The minimum absolute atomic E-state index is 0.378. The maximum absolute atomic E-state index is 5.94. The van der Waals surface area contributed by atoms with E-state index in [2.05, 4.69) is 9.97 Å². The van der Waals surface area contributed by atoms with E-state index >= 15 is 0 Å². The van der Waals surface area contributed by atoms with Gasteiger partial charge in [-0.15, -0.1) is 0 Å². The molecule has 1 aromatic rings. The average Bonchev–Trinajstić information content (AvgIpc) is 2.46. The van der Waals surface area contributed by atoms with Crippen LogP contribution in [0.25, 0.3) is 0 Å². The molecule has 0 aromatic carbocycles. The fraction of sp³-hybridized carbons (Fsp3) is 0.692. The normalized spacial score (nSPS) is 16.3. The first-order valence-corrected chi connectivity index (χ1v) is 6.75. The van der Waals surface area contributed by atoms with Crippen molar-refractivity contribution in [1.29, 1.82) is 0 Å². The van der Waals surface area contributed by atoms with Crippen molar-refractivity contribution in [2.75, 3.05) is 32.2 Å². The van der Waals surface area contributed by atoms with E-state index in [1.807, 2.05) is 6.92 Å². The highest BCUT2D eigenvalue weighted by atomic mass is 16.5. The van der Waals surface area contributed by atoms with Gasteiger partial charge in [-0.05, 0) is 25.2 Å². The molecule has 2 heterocycles. The molecular formula is C13H21N3O3. The summed E-state index contributed by atoms with van der Waals surface area (Å²) in [7, 11) is 0. The molecule has 2 N–H and O–H groups in total. The van der Waals surface area contributed by atoms with Crippen molar-refractivity contribution in [2.45, 2.75) is 26.2 Å². The number of aromatic nitrogens is 2. The second-order valence-corrected chi connectivity index (χ2v) is 4.61. The SMILES string of the molecule is CCCOc1ncnc(OCC2CCOCC2)c1N. The zero-order valence-corrected chi connectivity index (χ0v) is 11.3. The number of nitrogens with zero attached hydrogens (tertiary/aromatic N) is 2. The van der Waals surface area contributed by atoms with E-state index < -0.39 is 0 Å². The summed E-state index contributed by atoms with van der Waals surface area (Å²) in [6.07, 6.45) is 4.36. The van der Waals surface area contributed by atoms with Crippen LogP contribution >= 0.6 is 0 Å². The summed E-state index contributed by atoms with van der Waals surface area (Å²) in [4.78, 5) is 8.07. The van der Waals surface area contributed by atoms with Gasteiger partial charge < -0.3 is 19.9 Å². The molecule has 0 atom stereocenters. The van der Waals surface area contributed by atoms with Crippen molar-refractivity contribution >= 4 is 5.69 Å². The zero-order chi connectivity index (χ0) is 13.5.